The molecule has 0 radical (unpaired) electrons. The number of nitrogen functional groups attached to an aromatic ring is 1. The van der Waals surface area contributed by atoms with E-state index in [4.69, 9.17) is 5.73 Å². The van der Waals surface area contributed by atoms with Gasteiger partial charge in [0.05, 0.1) is 17.6 Å². The van der Waals surface area contributed by atoms with E-state index in [0.29, 0.717) is 5.69 Å². The van der Waals surface area contributed by atoms with Crippen molar-refractivity contribution in [1.29, 1.82) is 0 Å². The zero-order chi connectivity index (χ0) is 13.1. The van der Waals surface area contributed by atoms with Gasteiger partial charge in [0.1, 0.15) is 12.4 Å². The Morgan fingerprint density at radius 1 is 1.50 bits per heavy atom. The molecule has 6 heteroatoms. The predicted molar refractivity (Wildman–Crippen MR) is 66.4 cm³/mol. The van der Waals surface area contributed by atoms with Crippen molar-refractivity contribution in [1.82, 2.24) is 9.78 Å². The van der Waals surface area contributed by atoms with E-state index in [1.165, 1.54) is 28.9 Å². The number of likely N-dealkylation sites (N-methyl/N-ethyl adjacent to an activating group) is 1. The van der Waals surface area contributed by atoms with Gasteiger partial charge in [-0.05, 0) is 12.1 Å². The van der Waals surface area contributed by atoms with Crippen LogP contribution in [0.1, 0.15) is 0 Å². The van der Waals surface area contributed by atoms with Gasteiger partial charge in [0, 0.05) is 13.2 Å². The standard InChI is InChI=1S/C12H13FN4O/c1-16(11-5-3-2-4-10(11)13)12(18)8-17-7-9(14)6-15-17/h2-7H,8,14H2,1H3. The Hall–Kier alpha value is -2.37. The Kier molecular flexibility index (Phi) is 3.27. The van der Waals surface area contributed by atoms with Crippen LogP contribution in [0, 0.1) is 5.82 Å². The Labute approximate surface area is 104 Å². The monoisotopic (exact) mass is 248 g/mol. The van der Waals surface area contributed by atoms with Crippen molar-refractivity contribution in [3.8, 4) is 0 Å². The lowest BCUT2D eigenvalue weighted by Gasteiger charge is -2.17. The first-order valence-corrected chi connectivity index (χ1v) is 5.37. The number of carbonyl (C=O) groups excluding carboxylic acids is 1. The molecule has 2 aromatic rings. The van der Waals surface area contributed by atoms with E-state index in [9.17, 15) is 9.18 Å². The fourth-order valence-electron chi connectivity index (χ4n) is 1.57. The zero-order valence-corrected chi connectivity index (χ0v) is 9.88. The van der Waals surface area contributed by atoms with Gasteiger partial charge in [-0.3, -0.25) is 9.48 Å². The van der Waals surface area contributed by atoms with Gasteiger partial charge < -0.3 is 10.6 Å². The maximum Gasteiger partial charge on any atom is 0.248 e. The third-order valence-electron chi connectivity index (χ3n) is 2.54. The molecular weight excluding hydrogens is 235 g/mol. The molecule has 0 fully saturated rings. The molecule has 0 aliphatic carbocycles. The molecule has 94 valence electrons. The van der Waals surface area contributed by atoms with Crippen LogP contribution in [0.3, 0.4) is 0 Å². The second-order valence-corrected chi connectivity index (χ2v) is 3.88. The third kappa shape index (κ3) is 2.48. The highest BCUT2D eigenvalue weighted by Gasteiger charge is 2.14. The highest BCUT2D eigenvalue weighted by Crippen LogP contribution is 2.17. The molecule has 0 bridgehead atoms. The van der Waals surface area contributed by atoms with Gasteiger partial charge in [0.25, 0.3) is 0 Å². The van der Waals surface area contributed by atoms with Crippen LogP contribution in [0.5, 0.6) is 0 Å². The van der Waals surface area contributed by atoms with Crippen molar-refractivity contribution >= 4 is 17.3 Å². The Bertz CT molecular complexity index is 567. The van der Waals surface area contributed by atoms with Gasteiger partial charge in [-0.15, -0.1) is 0 Å². The van der Waals surface area contributed by atoms with Crippen molar-refractivity contribution < 1.29 is 9.18 Å². The van der Waals surface area contributed by atoms with Crippen LogP contribution in [0.15, 0.2) is 36.7 Å². The average molecular weight is 248 g/mol. The topological polar surface area (TPSA) is 64.2 Å². The summed E-state index contributed by atoms with van der Waals surface area (Å²) < 4.78 is 14.9. The number of benzene rings is 1. The number of nitrogens with two attached hydrogens (primary N) is 1. The minimum absolute atomic E-state index is 0.0159. The molecular formula is C12H13FN4O. The lowest BCUT2D eigenvalue weighted by atomic mass is 10.3. The third-order valence-corrected chi connectivity index (χ3v) is 2.54. The number of amides is 1. The molecule has 5 nitrogen and oxygen atoms in total. The molecule has 0 atom stereocenters. The van der Waals surface area contributed by atoms with E-state index in [-0.39, 0.29) is 18.1 Å². The van der Waals surface area contributed by atoms with Crippen LogP contribution in [0.2, 0.25) is 0 Å². The maximum atomic E-state index is 13.5. The number of anilines is 2. The fourth-order valence-corrected chi connectivity index (χ4v) is 1.57. The normalized spacial score (nSPS) is 10.3. The highest BCUT2D eigenvalue weighted by atomic mass is 19.1. The smallest absolute Gasteiger partial charge is 0.248 e. The van der Waals surface area contributed by atoms with Crippen molar-refractivity contribution in [2.45, 2.75) is 6.54 Å². The van der Waals surface area contributed by atoms with Gasteiger partial charge >= 0.3 is 0 Å². The van der Waals surface area contributed by atoms with Crippen LogP contribution < -0.4 is 10.6 Å². The van der Waals surface area contributed by atoms with E-state index in [0.717, 1.165) is 0 Å². The SMILES string of the molecule is CN(C(=O)Cn1cc(N)cn1)c1ccccc1F. The van der Waals surface area contributed by atoms with Crippen LogP contribution in [-0.2, 0) is 11.3 Å². The minimum atomic E-state index is -0.437. The van der Waals surface area contributed by atoms with E-state index in [1.54, 1.807) is 24.4 Å². The fraction of sp³-hybridized carbons (Fsp3) is 0.167. The zero-order valence-electron chi connectivity index (χ0n) is 9.88. The number of nitrogens with zero attached hydrogens (tertiary/aromatic N) is 3. The molecule has 1 aromatic carbocycles. The summed E-state index contributed by atoms with van der Waals surface area (Å²) in [5.41, 5.74) is 6.22. The Morgan fingerprint density at radius 2 is 2.22 bits per heavy atom. The Morgan fingerprint density at radius 3 is 2.83 bits per heavy atom. The van der Waals surface area contributed by atoms with Crippen LogP contribution >= 0.6 is 0 Å². The number of hydrogen-bond donors (Lipinski definition) is 1. The molecule has 0 saturated heterocycles. The second kappa shape index (κ2) is 4.87. The number of aromatic nitrogens is 2. The number of halogens is 1. The first kappa shape index (κ1) is 12.1. The lowest BCUT2D eigenvalue weighted by molar-refractivity contribution is -0.119. The summed E-state index contributed by atoms with van der Waals surface area (Å²) in [6, 6.07) is 6.11. The summed E-state index contributed by atoms with van der Waals surface area (Å²) in [5, 5.41) is 3.90. The summed E-state index contributed by atoms with van der Waals surface area (Å²) in [7, 11) is 1.52. The maximum absolute atomic E-state index is 13.5. The molecule has 0 unspecified atom stereocenters. The highest BCUT2D eigenvalue weighted by molar-refractivity contribution is 5.92. The summed E-state index contributed by atoms with van der Waals surface area (Å²) >= 11 is 0. The first-order valence-electron chi connectivity index (χ1n) is 5.37. The van der Waals surface area contributed by atoms with Crippen LogP contribution in [0.4, 0.5) is 15.8 Å². The van der Waals surface area contributed by atoms with Crippen molar-refractivity contribution in [3.05, 3.63) is 42.5 Å². The average Bonchev–Trinajstić information content (AvgIpc) is 2.74. The largest absolute Gasteiger partial charge is 0.396 e. The van der Waals surface area contributed by atoms with Crippen molar-refractivity contribution in [2.75, 3.05) is 17.7 Å². The summed E-state index contributed by atoms with van der Waals surface area (Å²) in [6.45, 7) is 0.0159. The van der Waals surface area contributed by atoms with Crippen molar-refractivity contribution in [2.24, 2.45) is 0 Å². The van der Waals surface area contributed by atoms with Gasteiger partial charge in [-0.25, -0.2) is 4.39 Å². The second-order valence-electron chi connectivity index (χ2n) is 3.88. The van der Waals surface area contributed by atoms with Gasteiger partial charge in [-0.1, -0.05) is 12.1 Å². The van der Waals surface area contributed by atoms with Crippen LogP contribution in [0.25, 0.3) is 0 Å². The molecule has 2 rings (SSSR count). The predicted octanol–water partition coefficient (Wildman–Crippen LogP) is 1.27. The first-order chi connectivity index (χ1) is 8.58. The number of hydrogen-bond acceptors (Lipinski definition) is 3. The lowest BCUT2D eigenvalue weighted by Crippen LogP contribution is -2.30. The molecule has 0 saturated carbocycles. The van der Waals surface area contributed by atoms with E-state index < -0.39 is 5.82 Å². The molecule has 0 aliphatic rings. The number of para-hydroxylation sites is 1. The molecule has 2 N–H and O–H groups in total. The number of carbonyl (C=O) groups is 1. The molecule has 1 aromatic heterocycles. The van der Waals surface area contributed by atoms with Crippen LogP contribution in [-0.4, -0.2) is 22.7 Å². The molecule has 0 spiro atoms. The molecule has 1 heterocycles. The van der Waals surface area contributed by atoms with E-state index in [1.807, 2.05) is 0 Å². The summed E-state index contributed by atoms with van der Waals surface area (Å²) in [6.07, 6.45) is 3.00. The quantitative estimate of drug-likeness (QED) is 0.889. The van der Waals surface area contributed by atoms with Gasteiger partial charge in [0.2, 0.25) is 5.91 Å². The Balaban J connectivity index is 2.12. The molecule has 0 aliphatic heterocycles. The van der Waals surface area contributed by atoms with Gasteiger partial charge in [0.15, 0.2) is 0 Å². The summed E-state index contributed by atoms with van der Waals surface area (Å²) in [5.74, 6) is -0.712. The summed E-state index contributed by atoms with van der Waals surface area (Å²) in [4.78, 5) is 13.2. The molecule has 18 heavy (non-hydrogen) atoms. The molecule has 1 amide bonds. The van der Waals surface area contributed by atoms with Gasteiger partial charge in [-0.2, -0.15) is 5.10 Å². The van der Waals surface area contributed by atoms with Crippen molar-refractivity contribution in [3.63, 3.8) is 0 Å². The van der Waals surface area contributed by atoms with E-state index in [2.05, 4.69) is 5.10 Å². The van der Waals surface area contributed by atoms with E-state index >= 15 is 0 Å². The minimum Gasteiger partial charge on any atom is -0.396 e. The number of rotatable bonds is 3.